The number of amides is 1. The highest BCUT2D eigenvalue weighted by atomic mass is 35.5. The lowest BCUT2D eigenvalue weighted by Crippen LogP contribution is -2.36. The highest BCUT2D eigenvalue weighted by Gasteiger charge is 2.47. The molecule has 6 nitrogen and oxygen atoms in total. The average Bonchev–Trinajstić information content (AvgIpc) is 3.36. The first-order valence-electron chi connectivity index (χ1n) is 9.90. The standard InChI is InChI=1S/C23H21ClFNO5/c1-30-18-9-8-13(11-16(18)24)21(27)19-20(15-6-2-3-7-17(15)25)26(23(29)22(19)28)12-14-5-4-10-31-14/h2-3,6-9,11,14,20,27H,4-5,10,12H2,1H3/b21-19+. The molecule has 2 heterocycles. The van der Waals surface area contributed by atoms with Gasteiger partial charge in [-0.15, -0.1) is 0 Å². The average molecular weight is 446 g/mol. The molecule has 8 heteroatoms. The number of carbonyl (C=O) groups excluding carboxylic acids is 2. The fourth-order valence-electron chi connectivity index (χ4n) is 4.07. The Hall–Kier alpha value is -2.90. The summed E-state index contributed by atoms with van der Waals surface area (Å²) in [5.41, 5.74) is 0.164. The molecule has 2 aliphatic heterocycles. The van der Waals surface area contributed by atoms with Gasteiger partial charge in [0, 0.05) is 24.3 Å². The number of aliphatic hydroxyl groups is 1. The second kappa shape index (κ2) is 8.69. The van der Waals surface area contributed by atoms with Crippen molar-refractivity contribution in [3.8, 4) is 5.75 Å². The molecule has 1 amide bonds. The van der Waals surface area contributed by atoms with E-state index in [-0.39, 0.29) is 34.4 Å². The molecule has 0 bridgehead atoms. The summed E-state index contributed by atoms with van der Waals surface area (Å²) in [7, 11) is 1.45. The van der Waals surface area contributed by atoms with Crippen LogP contribution in [0.4, 0.5) is 4.39 Å². The number of methoxy groups -OCH3 is 1. The molecular formula is C23H21ClFNO5. The molecule has 2 aromatic rings. The van der Waals surface area contributed by atoms with E-state index < -0.39 is 29.3 Å². The van der Waals surface area contributed by atoms with Crippen LogP contribution in [0.25, 0.3) is 5.76 Å². The molecule has 2 aliphatic rings. The minimum absolute atomic E-state index is 0.126. The second-order valence-electron chi connectivity index (χ2n) is 7.46. The zero-order valence-corrected chi connectivity index (χ0v) is 17.6. The number of halogens is 2. The van der Waals surface area contributed by atoms with Crippen LogP contribution in [0.5, 0.6) is 5.75 Å². The number of carbonyl (C=O) groups is 2. The van der Waals surface area contributed by atoms with Crippen molar-refractivity contribution in [3.05, 3.63) is 70.0 Å². The molecule has 31 heavy (non-hydrogen) atoms. The minimum Gasteiger partial charge on any atom is -0.507 e. The summed E-state index contributed by atoms with van der Waals surface area (Å²) in [4.78, 5) is 27.2. The largest absolute Gasteiger partial charge is 0.507 e. The maximum absolute atomic E-state index is 14.8. The Morgan fingerprint density at radius 2 is 2.06 bits per heavy atom. The fraction of sp³-hybridized carbons (Fsp3) is 0.304. The first-order chi connectivity index (χ1) is 14.9. The highest BCUT2D eigenvalue weighted by Crippen LogP contribution is 2.41. The van der Waals surface area contributed by atoms with Crippen LogP contribution in [0.1, 0.15) is 30.0 Å². The molecular weight excluding hydrogens is 425 g/mol. The fourth-order valence-corrected chi connectivity index (χ4v) is 4.32. The Labute approximate surface area is 183 Å². The molecule has 162 valence electrons. The van der Waals surface area contributed by atoms with Crippen LogP contribution in [-0.4, -0.2) is 48.1 Å². The summed E-state index contributed by atoms with van der Waals surface area (Å²) >= 11 is 6.17. The lowest BCUT2D eigenvalue weighted by atomic mass is 9.94. The molecule has 2 unspecified atom stereocenters. The molecule has 2 aromatic carbocycles. The number of rotatable bonds is 5. The van der Waals surface area contributed by atoms with E-state index in [2.05, 4.69) is 0 Å². The molecule has 1 N–H and O–H groups in total. The first-order valence-corrected chi connectivity index (χ1v) is 10.3. The summed E-state index contributed by atoms with van der Waals surface area (Å²) in [5.74, 6) is -2.29. The van der Waals surface area contributed by atoms with E-state index >= 15 is 0 Å². The summed E-state index contributed by atoms with van der Waals surface area (Å²) in [6, 6.07) is 9.31. The molecule has 2 saturated heterocycles. The lowest BCUT2D eigenvalue weighted by molar-refractivity contribution is -0.140. The summed E-state index contributed by atoms with van der Waals surface area (Å²) in [6.07, 6.45) is 1.34. The predicted octanol–water partition coefficient (Wildman–Crippen LogP) is 4.09. The molecule has 0 saturated carbocycles. The summed E-state index contributed by atoms with van der Waals surface area (Å²) < 4.78 is 25.5. The van der Waals surface area contributed by atoms with Crippen LogP contribution in [0.2, 0.25) is 5.02 Å². The van der Waals surface area contributed by atoms with E-state index in [0.29, 0.717) is 12.4 Å². The van der Waals surface area contributed by atoms with Crippen molar-refractivity contribution in [1.82, 2.24) is 4.90 Å². The first kappa shape index (κ1) is 21.3. The number of benzene rings is 2. The topological polar surface area (TPSA) is 76.1 Å². The summed E-state index contributed by atoms with van der Waals surface area (Å²) in [5, 5.41) is 11.2. The number of hydrogen-bond acceptors (Lipinski definition) is 5. The zero-order valence-electron chi connectivity index (χ0n) is 16.8. The van der Waals surface area contributed by atoms with Crippen LogP contribution < -0.4 is 4.74 Å². The number of Topliss-reactive ketones (excluding diaryl/α,β-unsaturated/α-hetero) is 1. The van der Waals surface area contributed by atoms with Crippen LogP contribution >= 0.6 is 11.6 Å². The van der Waals surface area contributed by atoms with Crippen molar-refractivity contribution in [1.29, 1.82) is 0 Å². The van der Waals surface area contributed by atoms with Crippen molar-refractivity contribution in [2.45, 2.75) is 25.0 Å². The maximum Gasteiger partial charge on any atom is 0.295 e. The van der Waals surface area contributed by atoms with Crippen LogP contribution in [0.15, 0.2) is 48.0 Å². The van der Waals surface area contributed by atoms with Crippen LogP contribution in [0, 0.1) is 5.82 Å². The maximum atomic E-state index is 14.8. The van der Waals surface area contributed by atoms with Gasteiger partial charge in [-0.05, 0) is 37.1 Å². The Morgan fingerprint density at radius 1 is 1.29 bits per heavy atom. The number of nitrogens with zero attached hydrogens (tertiary/aromatic N) is 1. The van der Waals surface area contributed by atoms with E-state index in [9.17, 15) is 19.1 Å². The van der Waals surface area contributed by atoms with E-state index in [1.807, 2.05) is 0 Å². The Morgan fingerprint density at radius 3 is 2.71 bits per heavy atom. The summed E-state index contributed by atoms with van der Waals surface area (Å²) in [6.45, 7) is 0.701. The van der Waals surface area contributed by atoms with Crippen molar-refractivity contribution < 1.29 is 28.6 Å². The van der Waals surface area contributed by atoms with Crippen molar-refractivity contribution in [2.24, 2.45) is 0 Å². The van der Waals surface area contributed by atoms with Gasteiger partial charge in [0.2, 0.25) is 0 Å². The molecule has 4 rings (SSSR count). The van der Waals surface area contributed by atoms with Gasteiger partial charge in [0.15, 0.2) is 0 Å². The van der Waals surface area contributed by atoms with Gasteiger partial charge < -0.3 is 19.5 Å². The molecule has 0 radical (unpaired) electrons. The lowest BCUT2D eigenvalue weighted by Gasteiger charge is -2.27. The number of ketones is 1. The Bertz CT molecular complexity index is 1060. The molecule has 0 aliphatic carbocycles. The van der Waals surface area contributed by atoms with Crippen molar-refractivity contribution >= 4 is 29.1 Å². The van der Waals surface area contributed by atoms with E-state index in [0.717, 1.165) is 12.8 Å². The third-order valence-corrected chi connectivity index (χ3v) is 5.88. The van der Waals surface area contributed by atoms with Gasteiger partial charge in [-0.3, -0.25) is 9.59 Å². The SMILES string of the molecule is COc1ccc(/C(O)=C2\C(=O)C(=O)N(CC3CCCO3)C2c2ccccc2F)cc1Cl. The van der Waals surface area contributed by atoms with Gasteiger partial charge >= 0.3 is 0 Å². The Balaban J connectivity index is 1.85. The van der Waals surface area contributed by atoms with Gasteiger partial charge in [-0.25, -0.2) is 4.39 Å². The third kappa shape index (κ3) is 3.91. The van der Waals surface area contributed by atoms with E-state index in [4.69, 9.17) is 21.1 Å². The second-order valence-corrected chi connectivity index (χ2v) is 7.86. The minimum atomic E-state index is -1.08. The van der Waals surface area contributed by atoms with Crippen LogP contribution in [-0.2, 0) is 14.3 Å². The number of likely N-dealkylation sites (tertiary alicyclic amines) is 1. The van der Waals surface area contributed by atoms with Gasteiger partial charge in [0.05, 0.1) is 29.9 Å². The molecule has 0 spiro atoms. The molecule has 0 aromatic heterocycles. The monoisotopic (exact) mass is 445 g/mol. The zero-order chi connectivity index (χ0) is 22.1. The van der Waals surface area contributed by atoms with E-state index in [1.165, 1.54) is 48.4 Å². The van der Waals surface area contributed by atoms with Gasteiger partial charge in [-0.2, -0.15) is 0 Å². The number of aliphatic hydroxyl groups excluding tert-OH is 1. The van der Waals surface area contributed by atoms with Crippen molar-refractivity contribution in [2.75, 3.05) is 20.3 Å². The van der Waals surface area contributed by atoms with Gasteiger partial charge in [0.1, 0.15) is 17.3 Å². The van der Waals surface area contributed by atoms with E-state index in [1.54, 1.807) is 6.07 Å². The van der Waals surface area contributed by atoms with Crippen LogP contribution in [0.3, 0.4) is 0 Å². The molecule has 2 fully saturated rings. The quantitative estimate of drug-likeness (QED) is 0.426. The number of ether oxygens (including phenoxy) is 2. The normalized spacial score (nSPS) is 22.9. The van der Waals surface area contributed by atoms with Crippen molar-refractivity contribution in [3.63, 3.8) is 0 Å². The highest BCUT2D eigenvalue weighted by molar-refractivity contribution is 6.46. The number of hydrogen-bond donors (Lipinski definition) is 1. The predicted molar refractivity (Wildman–Crippen MR) is 112 cm³/mol. The molecule has 2 atom stereocenters. The smallest absolute Gasteiger partial charge is 0.295 e. The Kier molecular flexibility index (Phi) is 5.98. The van der Waals surface area contributed by atoms with Gasteiger partial charge in [0.25, 0.3) is 11.7 Å². The third-order valence-electron chi connectivity index (χ3n) is 5.59. The van der Waals surface area contributed by atoms with Gasteiger partial charge in [-0.1, -0.05) is 29.8 Å².